The van der Waals surface area contributed by atoms with Gasteiger partial charge < -0.3 is 20.1 Å². The van der Waals surface area contributed by atoms with Crippen LogP contribution < -0.4 is 5.32 Å². The number of halogens is 2. The summed E-state index contributed by atoms with van der Waals surface area (Å²) >= 11 is 0. The normalized spacial score (nSPS) is 20.1. The minimum absolute atomic E-state index is 0.219. The number of carbonyl (C=O) groups is 1. The number of fused-ring (bicyclic) bond motifs is 3. The largest absolute Gasteiger partial charge is 0.483 e. The first-order chi connectivity index (χ1) is 12.9. The van der Waals surface area contributed by atoms with Gasteiger partial charge in [-0.3, -0.25) is 14.8 Å². The molecule has 0 aromatic carbocycles. The van der Waals surface area contributed by atoms with E-state index in [1.54, 1.807) is 24.5 Å². The van der Waals surface area contributed by atoms with Crippen LogP contribution in [-0.4, -0.2) is 55.2 Å². The predicted octanol–water partition coefficient (Wildman–Crippen LogP) is 1.90. The molecule has 144 valence electrons. The van der Waals surface area contributed by atoms with Gasteiger partial charge in [0, 0.05) is 6.20 Å². The number of aliphatic hydroxyl groups excluding tert-OH is 1. The van der Waals surface area contributed by atoms with Crippen molar-refractivity contribution in [3.8, 4) is 0 Å². The van der Waals surface area contributed by atoms with Crippen LogP contribution in [-0.2, 0) is 4.79 Å². The quantitative estimate of drug-likeness (QED) is 0.583. The molecule has 0 spiro atoms. The fourth-order valence-corrected chi connectivity index (χ4v) is 3.36. The van der Waals surface area contributed by atoms with Gasteiger partial charge in [-0.05, 0) is 32.0 Å². The zero-order valence-electron chi connectivity index (χ0n) is 14.5. The Morgan fingerprint density at radius 3 is 2.81 bits per heavy atom. The summed E-state index contributed by atoms with van der Waals surface area (Å²) in [5, 5.41) is 19.7. The van der Waals surface area contributed by atoms with Crippen molar-refractivity contribution >= 4 is 28.5 Å². The Labute approximate surface area is 152 Å². The van der Waals surface area contributed by atoms with Gasteiger partial charge in [-0.2, -0.15) is 0 Å². The van der Waals surface area contributed by atoms with Crippen LogP contribution in [0.3, 0.4) is 0 Å². The second-order valence-electron chi connectivity index (χ2n) is 6.23. The fourth-order valence-electron chi connectivity index (χ4n) is 3.36. The van der Waals surface area contributed by atoms with Gasteiger partial charge in [-0.15, -0.1) is 0 Å². The summed E-state index contributed by atoms with van der Waals surface area (Å²) in [6.07, 6.45) is 2.42. The van der Waals surface area contributed by atoms with Gasteiger partial charge in [0.2, 0.25) is 0 Å². The smallest absolute Gasteiger partial charge is 0.290 e. The summed E-state index contributed by atoms with van der Waals surface area (Å²) in [4.78, 5) is 21.3. The maximum Gasteiger partial charge on any atom is 0.290 e. The lowest BCUT2D eigenvalue weighted by Crippen LogP contribution is -2.47. The van der Waals surface area contributed by atoms with Crippen LogP contribution in [0.2, 0.25) is 0 Å². The molecule has 1 aliphatic heterocycles. The highest BCUT2D eigenvalue weighted by Gasteiger charge is 2.44. The molecular formula is C17H19F2N5O3. The number of rotatable bonds is 2. The minimum Gasteiger partial charge on any atom is -0.483 e. The average molecular weight is 379 g/mol. The van der Waals surface area contributed by atoms with E-state index in [4.69, 9.17) is 9.90 Å². The molecule has 1 aliphatic rings. The van der Waals surface area contributed by atoms with Crippen molar-refractivity contribution in [1.29, 1.82) is 0 Å². The zero-order valence-corrected chi connectivity index (χ0v) is 14.5. The number of imidazole rings is 1. The SMILES string of the molecule is C[C@@H](O)c1nc2cnc3cccnc3c2n1C1CCNCC1(F)F.O=CO. The van der Waals surface area contributed by atoms with Crippen LogP contribution in [0.25, 0.3) is 22.1 Å². The number of hydrogen-bond acceptors (Lipinski definition) is 6. The van der Waals surface area contributed by atoms with Gasteiger partial charge in [-0.25, -0.2) is 13.8 Å². The maximum absolute atomic E-state index is 14.6. The number of nitrogens with zero attached hydrogens (tertiary/aromatic N) is 4. The van der Waals surface area contributed by atoms with Crippen LogP contribution >= 0.6 is 0 Å². The van der Waals surface area contributed by atoms with E-state index >= 15 is 0 Å². The number of alkyl halides is 2. The molecule has 0 saturated carbocycles. The highest BCUT2D eigenvalue weighted by Crippen LogP contribution is 2.39. The van der Waals surface area contributed by atoms with Crippen molar-refractivity contribution in [2.45, 2.75) is 31.4 Å². The number of aromatic nitrogens is 4. The van der Waals surface area contributed by atoms with E-state index in [-0.39, 0.29) is 18.7 Å². The Bertz CT molecular complexity index is 960. The molecule has 0 aliphatic carbocycles. The molecule has 3 aromatic rings. The predicted molar refractivity (Wildman–Crippen MR) is 93.6 cm³/mol. The van der Waals surface area contributed by atoms with E-state index in [9.17, 15) is 13.9 Å². The summed E-state index contributed by atoms with van der Waals surface area (Å²) in [6.45, 7) is 1.36. The Morgan fingerprint density at radius 2 is 2.15 bits per heavy atom. The van der Waals surface area contributed by atoms with Crippen LogP contribution in [0, 0.1) is 0 Å². The monoisotopic (exact) mass is 379 g/mol. The lowest BCUT2D eigenvalue weighted by molar-refractivity contribution is -0.122. The summed E-state index contributed by atoms with van der Waals surface area (Å²) in [6, 6.07) is 2.44. The maximum atomic E-state index is 14.6. The van der Waals surface area contributed by atoms with Crippen molar-refractivity contribution in [3.63, 3.8) is 0 Å². The molecule has 2 atom stereocenters. The minimum atomic E-state index is -2.94. The molecule has 8 nitrogen and oxygen atoms in total. The Morgan fingerprint density at radius 1 is 1.41 bits per heavy atom. The third kappa shape index (κ3) is 3.45. The van der Waals surface area contributed by atoms with E-state index in [2.05, 4.69) is 20.3 Å². The van der Waals surface area contributed by atoms with Crippen molar-refractivity contribution in [2.24, 2.45) is 0 Å². The van der Waals surface area contributed by atoms with Crippen LogP contribution in [0.1, 0.15) is 31.3 Å². The number of carboxylic acid groups (broad SMARTS) is 1. The molecule has 3 aromatic heterocycles. The van der Waals surface area contributed by atoms with Crippen LogP contribution in [0.5, 0.6) is 0 Å². The molecule has 27 heavy (non-hydrogen) atoms. The summed E-state index contributed by atoms with van der Waals surface area (Å²) in [5.41, 5.74) is 2.10. The third-order valence-electron chi connectivity index (χ3n) is 4.43. The molecule has 1 fully saturated rings. The lowest BCUT2D eigenvalue weighted by atomic mass is 10.0. The molecule has 4 rings (SSSR count). The Balaban J connectivity index is 0.000000659. The average Bonchev–Trinajstić information content (AvgIpc) is 3.02. The molecule has 0 bridgehead atoms. The second-order valence-corrected chi connectivity index (χ2v) is 6.23. The van der Waals surface area contributed by atoms with E-state index < -0.39 is 24.6 Å². The first kappa shape index (κ1) is 19.1. The molecule has 10 heteroatoms. The second kappa shape index (κ2) is 7.49. The van der Waals surface area contributed by atoms with Gasteiger partial charge in [0.25, 0.3) is 12.4 Å². The van der Waals surface area contributed by atoms with Crippen LogP contribution in [0.4, 0.5) is 8.78 Å². The van der Waals surface area contributed by atoms with E-state index in [0.29, 0.717) is 28.6 Å². The number of aliphatic hydroxyl groups is 1. The first-order valence-electron chi connectivity index (χ1n) is 8.36. The molecule has 4 heterocycles. The number of hydrogen-bond donors (Lipinski definition) is 3. The zero-order chi connectivity index (χ0) is 19.6. The molecule has 0 radical (unpaired) electrons. The first-order valence-corrected chi connectivity index (χ1v) is 8.36. The summed E-state index contributed by atoms with van der Waals surface area (Å²) in [7, 11) is 0. The Kier molecular flexibility index (Phi) is 5.29. The molecule has 0 amide bonds. The van der Waals surface area contributed by atoms with Gasteiger partial charge in [0.1, 0.15) is 29.0 Å². The lowest BCUT2D eigenvalue weighted by Gasteiger charge is -2.34. The van der Waals surface area contributed by atoms with Crippen molar-refractivity contribution in [1.82, 2.24) is 24.8 Å². The van der Waals surface area contributed by atoms with Gasteiger partial charge in [-0.1, -0.05) is 0 Å². The summed E-state index contributed by atoms with van der Waals surface area (Å²) in [5.74, 6) is -2.73. The van der Waals surface area contributed by atoms with Crippen LogP contribution in [0.15, 0.2) is 24.5 Å². The topological polar surface area (TPSA) is 113 Å². The number of pyridine rings is 2. The van der Waals surface area contributed by atoms with E-state index in [1.807, 2.05) is 0 Å². The molecule has 1 saturated heterocycles. The Hall–Kier alpha value is -2.72. The standard InChI is InChI=1S/C16H17F2N5O.CH2O2/c1-9(24)15-22-11-7-21-10-3-2-5-20-13(10)14(11)23(15)12-4-6-19-8-16(12,17)18;2-1-3/h2-3,5,7,9,12,19,24H,4,6,8H2,1H3;1H,(H,2,3)/t9-,12?;/m1./s1. The number of piperidine rings is 1. The molecule has 3 N–H and O–H groups in total. The molecule has 1 unspecified atom stereocenters. The van der Waals surface area contributed by atoms with Gasteiger partial charge in [0.15, 0.2) is 0 Å². The number of nitrogens with one attached hydrogen (secondary N) is 1. The van der Waals surface area contributed by atoms with E-state index in [0.717, 1.165) is 0 Å². The van der Waals surface area contributed by atoms with Crippen molar-refractivity contribution < 1.29 is 23.8 Å². The van der Waals surface area contributed by atoms with Crippen molar-refractivity contribution in [2.75, 3.05) is 13.1 Å². The highest BCUT2D eigenvalue weighted by molar-refractivity contribution is 5.99. The summed E-state index contributed by atoms with van der Waals surface area (Å²) < 4.78 is 30.6. The molecular weight excluding hydrogens is 360 g/mol. The van der Waals surface area contributed by atoms with Gasteiger partial charge >= 0.3 is 0 Å². The third-order valence-corrected chi connectivity index (χ3v) is 4.43. The fraction of sp³-hybridized carbons (Fsp3) is 0.412. The van der Waals surface area contributed by atoms with E-state index in [1.165, 1.54) is 11.5 Å². The van der Waals surface area contributed by atoms with Crippen molar-refractivity contribution in [3.05, 3.63) is 30.4 Å². The highest BCUT2D eigenvalue weighted by atomic mass is 19.3. The van der Waals surface area contributed by atoms with Gasteiger partial charge in [0.05, 0.1) is 23.8 Å².